The van der Waals surface area contributed by atoms with Crippen LogP contribution in [0.2, 0.25) is 18.1 Å². The summed E-state index contributed by atoms with van der Waals surface area (Å²) >= 11 is 0. The highest BCUT2D eigenvalue weighted by molar-refractivity contribution is 6.74. The maximum absolute atomic E-state index is 10.3. The zero-order valence-corrected chi connectivity index (χ0v) is 18.0. The van der Waals surface area contributed by atoms with Gasteiger partial charge in [-0.1, -0.05) is 26.8 Å². The average Bonchev–Trinajstić information content (AvgIpc) is 2.95. The van der Waals surface area contributed by atoms with E-state index >= 15 is 0 Å². The lowest BCUT2D eigenvalue weighted by Crippen LogP contribution is -2.43. The van der Waals surface area contributed by atoms with Gasteiger partial charge in [0.05, 0.1) is 6.10 Å². The number of hydrogen-bond donors (Lipinski definition) is 2. The molecule has 3 nitrogen and oxygen atoms in total. The number of phenolic OH excluding ortho intramolecular Hbond substituents is 1. The molecule has 0 saturated heterocycles. The van der Waals surface area contributed by atoms with Gasteiger partial charge in [0.2, 0.25) is 0 Å². The highest BCUT2D eigenvalue weighted by Crippen LogP contribution is 2.48. The van der Waals surface area contributed by atoms with Crippen molar-refractivity contribution in [2.75, 3.05) is 0 Å². The first-order valence-electron chi connectivity index (χ1n) is 9.96. The lowest BCUT2D eigenvalue weighted by Gasteiger charge is -2.37. The molecule has 4 heteroatoms. The first-order valence-corrected chi connectivity index (χ1v) is 12.9. The van der Waals surface area contributed by atoms with Crippen LogP contribution in [0.3, 0.4) is 0 Å². The van der Waals surface area contributed by atoms with Gasteiger partial charge in [-0.2, -0.15) is 0 Å². The molecule has 0 heterocycles. The van der Waals surface area contributed by atoms with Gasteiger partial charge < -0.3 is 14.6 Å². The summed E-state index contributed by atoms with van der Waals surface area (Å²) < 4.78 is 6.72. The SMILES string of the molecule is CC(C)(C)[Si](C)(C)Oc1cc2c(c3ccc(O)cc13)CCC1=C2CC[C@@H]1O. The summed E-state index contributed by atoms with van der Waals surface area (Å²) in [7, 11) is -2.02. The number of aliphatic hydroxyl groups is 1. The normalized spacial score (nSPS) is 20.0. The number of aryl methyl sites for hydroxylation is 1. The lowest BCUT2D eigenvalue weighted by molar-refractivity contribution is 0.208. The van der Waals surface area contributed by atoms with Gasteiger partial charge in [-0.3, -0.25) is 0 Å². The van der Waals surface area contributed by atoms with Crippen LogP contribution in [0.15, 0.2) is 29.8 Å². The molecule has 2 aliphatic rings. The Morgan fingerprint density at radius 1 is 1.04 bits per heavy atom. The number of phenols is 1. The second-order valence-electron chi connectivity index (χ2n) is 9.55. The molecule has 0 aliphatic heterocycles. The number of fused-ring (bicyclic) bond motifs is 4. The summed E-state index contributed by atoms with van der Waals surface area (Å²) in [5.41, 5.74) is 5.12. The fourth-order valence-electron chi connectivity index (χ4n) is 4.19. The number of allylic oxidation sites excluding steroid dienone is 1. The van der Waals surface area contributed by atoms with E-state index in [4.69, 9.17) is 4.43 Å². The number of rotatable bonds is 2. The molecule has 1 atom stereocenters. The van der Waals surface area contributed by atoms with E-state index in [0.717, 1.165) is 36.8 Å². The molecule has 0 amide bonds. The van der Waals surface area contributed by atoms with E-state index in [1.165, 1.54) is 27.7 Å². The van der Waals surface area contributed by atoms with Crippen LogP contribution in [-0.4, -0.2) is 24.6 Å². The fourth-order valence-corrected chi connectivity index (χ4v) is 5.22. The Morgan fingerprint density at radius 3 is 2.48 bits per heavy atom. The minimum absolute atomic E-state index is 0.0973. The van der Waals surface area contributed by atoms with Crippen molar-refractivity contribution < 1.29 is 14.6 Å². The van der Waals surface area contributed by atoms with Crippen LogP contribution in [0, 0.1) is 0 Å². The van der Waals surface area contributed by atoms with E-state index in [0.29, 0.717) is 0 Å². The first kappa shape index (κ1) is 18.6. The van der Waals surface area contributed by atoms with E-state index in [1.807, 2.05) is 12.1 Å². The van der Waals surface area contributed by atoms with Crippen molar-refractivity contribution in [1.29, 1.82) is 0 Å². The van der Waals surface area contributed by atoms with Crippen LogP contribution in [0.1, 0.15) is 51.2 Å². The molecule has 0 saturated carbocycles. The summed E-state index contributed by atoms with van der Waals surface area (Å²) in [6.07, 6.45) is 3.35. The molecule has 27 heavy (non-hydrogen) atoms. The Kier molecular flexibility index (Phi) is 4.20. The summed E-state index contributed by atoms with van der Waals surface area (Å²) in [6.45, 7) is 11.2. The van der Waals surface area contributed by atoms with Crippen LogP contribution in [0.5, 0.6) is 11.5 Å². The van der Waals surface area contributed by atoms with Crippen LogP contribution in [0.25, 0.3) is 16.3 Å². The van der Waals surface area contributed by atoms with Crippen molar-refractivity contribution in [3.8, 4) is 11.5 Å². The Hall–Kier alpha value is -1.78. The number of aliphatic hydroxyl groups excluding tert-OH is 1. The van der Waals surface area contributed by atoms with Gasteiger partial charge in [-0.05, 0) is 89.7 Å². The van der Waals surface area contributed by atoms with Crippen molar-refractivity contribution >= 4 is 24.7 Å². The van der Waals surface area contributed by atoms with E-state index in [9.17, 15) is 10.2 Å². The smallest absolute Gasteiger partial charge is 0.250 e. The van der Waals surface area contributed by atoms with Crippen LogP contribution in [0.4, 0.5) is 0 Å². The molecule has 2 aromatic rings. The predicted octanol–water partition coefficient (Wildman–Crippen LogP) is 5.78. The van der Waals surface area contributed by atoms with Crippen molar-refractivity contribution in [2.45, 2.75) is 70.7 Å². The van der Waals surface area contributed by atoms with Gasteiger partial charge >= 0.3 is 0 Å². The Bertz CT molecular complexity index is 950. The van der Waals surface area contributed by atoms with E-state index < -0.39 is 8.32 Å². The van der Waals surface area contributed by atoms with Crippen LogP contribution >= 0.6 is 0 Å². The zero-order chi connectivity index (χ0) is 19.6. The van der Waals surface area contributed by atoms with E-state index in [1.54, 1.807) is 6.07 Å². The van der Waals surface area contributed by atoms with Gasteiger partial charge in [0.15, 0.2) is 0 Å². The Balaban J connectivity index is 1.94. The quantitative estimate of drug-likeness (QED) is 0.647. The van der Waals surface area contributed by atoms with Crippen molar-refractivity contribution in [1.82, 2.24) is 0 Å². The molecule has 0 spiro atoms. The van der Waals surface area contributed by atoms with Crippen molar-refractivity contribution in [3.63, 3.8) is 0 Å². The second kappa shape index (κ2) is 6.11. The van der Waals surface area contributed by atoms with Gasteiger partial charge in [-0.25, -0.2) is 0 Å². The standard InChI is InChI=1S/C23H30O3Si/c1-23(2,3)27(4,5)26-22-13-19-15(16-7-6-14(24)12-20(16)22)8-9-18-17(19)10-11-21(18)25/h6-7,12-13,21,24-25H,8-11H2,1-5H3/t21-/m0/s1. The summed E-state index contributed by atoms with van der Waals surface area (Å²) in [6, 6.07) is 7.82. The molecule has 0 fully saturated rings. The third-order valence-corrected chi connectivity index (χ3v) is 11.1. The second-order valence-corrected chi connectivity index (χ2v) is 14.3. The first-order chi connectivity index (χ1) is 12.6. The summed E-state index contributed by atoms with van der Waals surface area (Å²) in [4.78, 5) is 0. The maximum Gasteiger partial charge on any atom is 0.250 e. The third kappa shape index (κ3) is 2.99. The predicted molar refractivity (Wildman–Crippen MR) is 114 cm³/mol. The third-order valence-electron chi connectivity index (χ3n) is 6.79. The van der Waals surface area contributed by atoms with E-state index in [-0.39, 0.29) is 16.9 Å². The molecule has 0 bridgehead atoms. The highest BCUT2D eigenvalue weighted by atomic mass is 28.4. The zero-order valence-electron chi connectivity index (χ0n) is 17.0. The monoisotopic (exact) mass is 382 g/mol. The van der Waals surface area contributed by atoms with Crippen LogP contribution < -0.4 is 4.43 Å². The molecular formula is C23H30O3Si. The highest BCUT2D eigenvalue weighted by Gasteiger charge is 2.40. The molecule has 4 rings (SSSR count). The molecule has 0 radical (unpaired) electrons. The van der Waals surface area contributed by atoms with E-state index in [2.05, 4.69) is 39.9 Å². The van der Waals surface area contributed by atoms with Crippen molar-refractivity contribution in [3.05, 3.63) is 41.0 Å². The molecular weight excluding hydrogens is 352 g/mol. The number of benzene rings is 2. The number of hydrogen-bond acceptors (Lipinski definition) is 3. The Labute approximate surface area is 162 Å². The van der Waals surface area contributed by atoms with Crippen molar-refractivity contribution in [2.24, 2.45) is 0 Å². The molecule has 0 aromatic heterocycles. The number of aromatic hydroxyl groups is 1. The van der Waals surface area contributed by atoms with Crippen LogP contribution in [-0.2, 0) is 6.42 Å². The molecule has 144 valence electrons. The minimum atomic E-state index is -2.02. The topological polar surface area (TPSA) is 49.7 Å². The fraction of sp³-hybridized carbons (Fsp3) is 0.478. The largest absolute Gasteiger partial charge is 0.543 e. The maximum atomic E-state index is 10.3. The summed E-state index contributed by atoms with van der Waals surface area (Å²) in [5, 5.41) is 22.7. The Morgan fingerprint density at radius 2 is 1.78 bits per heavy atom. The minimum Gasteiger partial charge on any atom is -0.543 e. The molecule has 0 unspecified atom stereocenters. The van der Waals surface area contributed by atoms with Gasteiger partial charge in [0.1, 0.15) is 11.5 Å². The molecule has 2 N–H and O–H groups in total. The van der Waals surface area contributed by atoms with Gasteiger partial charge in [0, 0.05) is 5.39 Å². The molecule has 2 aromatic carbocycles. The lowest BCUT2D eigenvalue weighted by atomic mass is 9.83. The van der Waals surface area contributed by atoms with Gasteiger partial charge in [0.25, 0.3) is 8.32 Å². The average molecular weight is 383 g/mol. The summed E-state index contributed by atoms with van der Waals surface area (Å²) in [5.74, 6) is 1.15. The molecule has 2 aliphatic carbocycles. The van der Waals surface area contributed by atoms with Gasteiger partial charge in [-0.15, -0.1) is 0 Å².